The molecule has 1 atom stereocenters. The molecule has 1 fully saturated rings. The van der Waals surface area contributed by atoms with E-state index in [1.807, 2.05) is 27.8 Å². The Morgan fingerprint density at radius 2 is 2.17 bits per heavy atom. The molecule has 0 amide bonds. The fourth-order valence-electron chi connectivity index (χ4n) is 2.60. The molecule has 3 heterocycles. The van der Waals surface area contributed by atoms with E-state index >= 15 is 0 Å². The van der Waals surface area contributed by atoms with Gasteiger partial charge in [0.2, 0.25) is 0 Å². The van der Waals surface area contributed by atoms with E-state index in [0.29, 0.717) is 6.04 Å². The third-order valence-electron chi connectivity index (χ3n) is 3.54. The van der Waals surface area contributed by atoms with Crippen LogP contribution in [0.1, 0.15) is 12.8 Å². The number of nitrogens with zero attached hydrogens (tertiary/aromatic N) is 6. The van der Waals surface area contributed by atoms with Crippen LogP contribution in [-0.2, 0) is 13.1 Å². The number of aromatic nitrogens is 5. The molecule has 6 nitrogen and oxygen atoms in total. The SMILES string of the molecule is c1cnn(CCN2CCC[C@H]2Cn2cncn2)c1. The van der Waals surface area contributed by atoms with Crippen molar-refractivity contribution in [2.24, 2.45) is 0 Å². The summed E-state index contributed by atoms with van der Waals surface area (Å²) in [6, 6.07) is 2.55. The first-order chi connectivity index (χ1) is 8.92. The second-order valence-electron chi connectivity index (χ2n) is 4.72. The van der Waals surface area contributed by atoms with Gasteiger partial charge in [-0.2, -0.15) is 10.2 Å². The van der Waals surface area contributed by atoms with Gasteiger partial charge in [0.05, 0.1) is 13.1 Å². The number of hydrogen-bond acceptors (Lipinski definition) is 4. The molecule has 0 bridgehead atoms. The fraction of sp³-hybridized carbons (Fsp3) is 0.583. The molecule has 0 aromatic carbocycles. The topological polar surface area (TPSA) is 51.8 Å². The molecule has 1 aliphatic heterocycles. The summed E-state index contributed by atoms with van der Waals surface area (Å²) >= 11 is 0. The Hall–Kier alpha value is -1.69. The van der Waals surface area contributed by atoms with Crippen LogP contribution in [-0.4, -0.2) is 48.6 Å². The Bertz CT molecular complexity index is 449. The second-order valence-corrected chi connectivity index (χ2v) is 4.72. The molecule has 0 spiro atoms. The van der Waals surface area contributed by atoms with Gasteiger partial charge in [-0.1, -0.05) is 0 Å². The van der Waals surface area contributed by atoms with Crippen LogP contribution in [0.3, 0.4) is 0 Å². The van der Waals surface area contributed by atoms with Gasteiger partial charge in [-0.05, 0) is 25.5 Å². The fourth-order valence-corrected chi connectivity index (χ4v) is 2.60. The summed E-state index contributed by atoms with van der Waals surface area (Å²) < 4.78 is 3.92. The van der Waals surface area contributed by atoms with Crippen molar-refractivity contribution in [2.45, 2.75) is 32.0 Å². The van der Waals surface area contributed by atoms with E-state index in [1.54, 1.807) is 12.7 Å². The minimum Gasteiger partial charge on any atom is -0.297 e. The quantitative estimate of drug-likeness (QED) is 0.777. The first-order valence-electron chi connectivity index (χ1n) is 6.46. The van der Waals surface area contributed by atoms with Crippen molar-refractivity contribution < 1.29 is 0 Å². The first-order valence-corrected chi connectivity index (χ1v) is 6.46. The molecule has 96 valence electrons. The van der Waals surface area contributed by atoms with Gasteiger partial charge in [0.15, 0.2) is 0 Å². The lowest BCUT2D eigenvalue weighted by Gasteiger charge is -2.24. The summed E-state index contributed by atoms with van der Waals surface area (Å²) in [4.78, 5) is 6.53. The first kappa shape index (κ1) is 11.4. The van der Waals surface area contributed by atoms with Gasteiger partial charge in [-0.15, -0.1) is 0 Å². The van der Waals surface area contributed by atoms with Gasteiger partial charge in [0.1, 0.15) is 12.7 Å². The lowest BCUT2D eigenvalue weighted by Crippen LogP contribution is -2.35. The zero-order valence-electron chi connectivity index (χ0n) is 10.4. The number of likely N-dealkylation sites (tertiary alicyclic amines) is 1. The highest BCUT2D eigenvalue weighted by Crippen LogP contribution is 2.18. The van der Waals surface area contributed by atoms with Crippen LogP contribution in [0.15, 0.2) is 31.1 Å². The lowest BCUT2D eigenvalue weighted by atomic mass is 10.2. The average molecular weight is 246 g/mol. The van der Waals surface area contributed by atoms with Gasteiger partial charge in [-0.25, -0.2) is 4.98 Å². The largest absolute Gasteiger partial charge is 0.297 e. The van der Waals surface area contributed by atoms with Gasteiger partial charge < -0.3 is 0 Å². The molecule has 1 saturated heterocycles. The van der Waals surface area contributed by atoms with Crippen molar-refractivity contribution in [3.05, 3.63) is 31.1 Å². The van der Waals surface area contributed by atoms with Crippen LogP contribution in [0.2, 0.25) is 0 Å². The van der Waals surface area contributed by atoms with Gasteiger partial charge in [-0.3, -0.25) is 14.3 Å². The Morgan fingerprint density at radius 1 is 1.17 bits per heavy atom. The maximum absolute atomic E-state index is 4.24. The van der Waals surface area contributed by atoms with Crippen LogP contribution in [0.4, 0.5) is 0 Å². The van der Waals surface area contributed by atoms with Gasteiger partial charge in [0.25, 0.3) is 0 Å². The lowest BCUT2D eigenvalue weighted by molar-refractivity contribution is 0.216. The van der Waals surface area contributed by atoms with E-state index in [-0.39, 0.29) is 0 Å². The molecule has 0 unspecified atom stereocenters. The summed E-state index contributed by atoms with van der Waals surface area (Å²) in [6.07, 6.45) is 9.77. The standard InChI is InChI=1S/C12H18N6/c1-3-12(9-18-11-13-10-15-18)16(5-1)7-8-17-6-2-4-14-17/h2,4,6,10-12H,1,3,5,7-9H2/t12-/m0/s1. The van der Waals surface area contributed by atoms with Gasteiger partial charge >= 0.3 is 0 Å². The molecule has 2 aromatic heterocycles. The number of rotatable bonds is 5. The zero-order valence-corrected chi connectivity index (χ0v) is 10.4. The molecular formula is C12H18N6. The molecule has 0 N–H and O–H groups in total. The molecule has 18 heavy (non-hydrogen) atoms. The Labute approximate surface area is 106 Å². The summed E-state index contributed by atoms with van der Waals surface area (Å²) in [6.45, 7) is 4.14. The highest BCUT2D eigenvalue weighted by atomic mass is 15.3. The van der Waals surface area contributed by atoms with E-state index in [1.165, 1.54) is 19.4 Å². The van der Waals surface area contributed by atoms with Crippen molar-refractivity contribution in [1.82, 2.24) is 29.4 Å². The van der Waals surface area contributed by atoms with E-state index in [0.717, 1.165) is 19.6 Å². The molecule has 2 aromatic rings. The molecule has 6 heteroatoms. The highest BCUT2D eigenvalue weighted by Gasteiger charge is 2.24. The Kier molecular flexibility index (Phi) is 3.36. The minimum atomic E-state index is 0.585. The van der Waals surface area contributed by atoms with E-state index in [4.69, 9.17) is 0 Å². The second kappa shape index (κ2) is 5.30. The summed E-state index contributed by atoms with van der Waals surface area (Å²) in [5.74, 6) is 0. The van der Waals surface area contributed by atoms with E-state index in [2.05, 4.69) is 20.1 Å². The summed E-state index contributed by atoms with van der Waals surface area (Å²) in [5, 5.41) is 8.43. The normalized spacial score (nSPS) is 20.6. The molecule has 0 aliphatic carbocycles. The average Bonchev–Trinajstić information content (AvgIpc) is 3.10. The molecule has 1 aliphatic rings. The van der Waals surface area contributed by atoms with E-state index < -0.39 is 0 Å². The third-order valence-corrected chi connectivity index (χ3v) is 3.54. The highest BCUT2D eigenvalue weighted by molar-refractivity contribution is 4.81. The maximum atomic E-state index is 4.24. The summed E-state index contributed by atoms with van der Waals surface area (Å²) in [7, 11) is 0. The Balaban J connectivity index is 1.54. The van der Waals surface area contributed by atoms with Crippen molar-refractivity contribution in [3.63, 3.8) is 0 Å². The molecule has 0 saturated carbocycles. The Morgan fingerprint density at radius 3 is 2.94 bits per heavy atom. The van der Waals surface area contributed by atoms with Crippen molar-refractivity contribution >= 4 is 0 Å². The van der Waals surface area contributed by atoms with Crippen molar-refractivity contribution in [2.75, 3.05) is 13.1 Å². The third kappa shape index (κ3) is 2.59. The predicted molar refractivity (Wildman–Crippen MR) is 66.8 cm³/mol. The summed E-state index contributed by atoms with van der Waals surface area (Å²) in [5.41, 5.74) is 0. The minimum absolute atomic E-state index is 0.585. The van der Waals surface area contributed by atoms with Gasteiger partial charge in [0, 0.05) is 25.0 Å². The van der Waals surface area contributed by atoms with Crippen LogP contribution in [0, 0.1) is 0 Å². The van der Waals surface area contributed by atoms with Crippen LogP contribution in [0.25, 0.3) is 0 Å². The van der Waals surface area contributed by atoms with Crippen LogP contribution >= 0.6 is 0 Å². The maximum Gasteiger partial charge on any atom is 0.137 e. The van der Waals surface area contributed by atoms with Crippen molar-refractivity contribution in [3.8, 4) is 0 Å². The smallest absolute Gasteiger partial charge is 0.137 e. The predicted octanol–water partition coefficient (Wildman–Crippen LogP) is 0.639. The van der Waals surface area contributed by atoms with Crippen LogP contribution < -0.4 is 0 Å². The monoisotopic (exact) mass is 246 g/mol. The number of hydrogen-bond donors (Lipinski definition) is 0. The van der Waals surface area contributed by atoms with Crippen molar-refractivity contribution in [1.29, 1.82) is 0 Å². The van der Waals surface area contributed by atoms with Crippen LogP contribution in [0.5, 0.6) is 0 Å². The van der Waals surface area contributed by atoms with E-state index in [9.17, 15) is 0 Å². The zero-order chi connectivity index (χ0) is 12.2. The molecule has 0 radical (unpaired) electrons. The molecular weight excluding hydrogens is 228 g/mol. The molecule has 3 rings (SSSR count).